The molecule has 0 spiro atoms. The van der Waals surface area contributed by atoms with Gasteiger partial charge in [-0.05, 0) is 6.07 Å². The molecule has 0 saturated heterocycles. The van der Waals surface area contributed by atoms with Gasteiger partial charge >= 0.3 is 0 Å². The van der Waals surface area contributed by atoms with E-state index in [1.807, 2.05) is 0 Å². The lowest BCUT2D eigenvalue weighted by Gasteiger charge is -2.05. The lowest BCUT2D eigenvalue weighted by Crippen LogP contribution is -1.97. The summed E-state index contributed by atoms with van der Waals surface area (Å²) in [6.45, 7) is 0. The van der Waals surface area contributed by atoms with Gasteiger partial charge in [-0.1, -0.05) is 11.6 Å². The molecule has 0 aliphatic heterocycles. The first-order valence-electron chi connectivity index (χ1n) is 3.53. The van der Waals surface area contributed by atoms with Crippen LogP contribution in [0.3, 0.4) is 0 Å². The predicted molar refractivity (Wildman–Crippen MR) is 48.5 cm³/mol. The Morgan fingerprint density at radius 3 is 2.64 bits per heavy atom. The smallest absolute Gasteiger partial charge is 0.238 e. The van der Waals surface area contributed by atoms with E-state index in [4.69, 9.17) is 28.5 Å². The van der Waals surface area contributed by atoms with Gasteiger partial charge in [0.05, 0.1) is 17.1 Å². The van der Waals surface area contributed by atoms with Gasteiger partial charge in [0.2, 0.25) is 0 Å². The summed E-state index contributed by atoms with van der Waals surface area (Å²) in [5.41, 5.74) is -0.496. The van der Waals surface area contributed by atoms with E-state index in [0.717, 1.165) is 6.07 Å². The second kappa shape index (κ2) is 4.54. The van der Waals surface area contributed by atoms with E-state index in [-0.39, 0.29) is 22.3 Å². The van der Waals surface area contributed by atoms with E-state index in [0.29, 0.717) is 0 Å². The summed E-state index contributed by atoms with van der Waals surface area (Å²) in [6.07, 6.45) is -2.76. The predicted octanol–water partition coefficient (Wildman–Crippen LogP) is 3.28. The van der Waals surface area contributed by atoms with Crippen LogP contribution in [0.2, 0.25) is 5.15 Å². The van der Waals surface area contributed by atoms with Gasteiger partial charge in [0.25, 0.3) is 6.43 Å². The Bertz CT molecular complexity index is 388. The van der Waals surface area contributed by atoms with Crippen LogP contribution in [-0.2, 0) is 5.88 Å². The maximum Gasteiger partial charge on any atom is 0.265 e. The first-order chi connectivity index (χ1) is 6.60. The molecule has 0 aliphatic carbocycles. The molecule has 0 bridgehead atoms. The van der Waals surface area contributed by atoms with Gasteiger partial charge < -0.3 is 0 Å². The number of nitrogens with zero attached hydrogens (tertiary/aromatic N) is 2. The van der Waals surface area contributed by atoms with Crippen LogP contribution in [0, 0.1) is 11.3 Å². The van der Waals surface area contributed by atoms with Crippen molar-refractivity contribution < 1.29 is 8.78 Å². The number of rotatable bonds is 2. The minimum atomic E-state index is -2.76. The van der Waals surface area contributed by atoms with E-state index < -0.39 is 12.0 Å². The maximum absolute atomic E-state index is 12.4. The van der Waals surface area contributed by atoms with Crippen molar-refractivity contribution in [3.05, 3.63) is 28.0 Å². The van der Waals surface area contributed by atoms with Gasteiger partial charge in [0, 0.05) is 5.56 Å². The first kappa shape index (κ1) is 11.2. The fraction of sp³-hybridized carbons (Fsp3) is 0.250. The van der Waals surface area contributed by atoms with Crippen LogP contribution in [0.1, 0.15) is 23.2 Å². The third-order valence-electron chi connectivity index (χ3n) is 1.54. The fourth-order valence-corrected chi connectivity index (χ4v) is 1.33. The molecule has 1 rings (SSSR count). The summed E-state index contributed by atoms with van der Waals surface area (Å²) >= 11 is 11.0. The lowest BCUT2D eigenvalue weighted by molar-refractivity contribution is 0.151. The van der Waals surface area contributed by atoms with Gasteiger partial charge in [0.15, 0.2) is 0 Å². The zero-order chi connectivity index (χ0) is 10.7. The molecule has 0 saturated carbocycles. The highest BCUT2D eigenvalue weighted by Gasteiger charge is 2.17. The average molecular weight is 237 g/mol. The summed E-state index contributed by atoms with van der Waals surface area (Å²) in [5, 5.41) is 8.34. The quantitative estimate of drug-likeness (QED) is 0.584. The van der Waals surface area contributed by atoms with Crippen LogP contribution in [0.4, 0.5) is 8.78 Å². The van der Waals surface area contributed by atoms with Crippen LogP contribution >= 0.6 is 23.2 Å². The number of aromatic nitrogens is 1. The second-order valence-corrected chi connectivity index (χ2v) is 3.04. The molecule has 0 radical (unpaired) electrons. The molecule has 6 heteroatoms. The van der Waals surface area contributed by atoms with E-state index >= 15 is 0 Å². The Labute approximate surface area is 89.1 Å². The Morgan fingerprint density at radius 2 is 2.21 bits per heavy atom. The number of nitriles is 1. The largest absolute Gasteiger partial charge is 0.265 e. The minimum Gasteiger partial charge on any atom is -0.238 e. The fourth-order valence-electron chi connectivity index (χ4n) is 0.936. The highest BCUT2D eigenvalue weighted by atomic mass is 35.5. The molecule has 0 aromatic carbocycles. The van der Waals surface area contributed by atoms with Crippen molar-refractivity contribution >= 4 is 23.2 Å². The average Bonchev–Trinajstić information content (AvgIpc) is 2.16. The summed E-state index contributed by atoms with van der Waals surface area (Å²) in [7, 11) is 0. The second-order valence-electron chi connectivity index (χ2n) is 2.41. The molecule has 2 nitrogen and oxygen atoms in total. The van der Waals surface area contributed by atoms with Crippen molar-refractivity contribution in [1.82, 2.24) is 4.98 Å². The normalized spacial score (nSPS) is 10.3. The maximum atomic E-state index is 12.4. The van der Waals surface area contributed by atoms with Crippen LogP contribution in [-0.4, -0.2) is 4.98 Å². The monoisotopic (exact) mass is 236 g/mol. The third kappa shape index (κ3) is 2.11. The SMILES string of the molecule is N#Cc1c(C(F)F)cc(CCl)nc1Cl. The summed E-state index contributed by atoms with van der Waals surface area (Å²) in [6, 6.07) is 2.66. The number of alkyl halides is 3. The third-order valence-corrected chi connectivity index (χ3v) is 2.09. The molecular weight excluding hydrogens is 233 g/mol. The molecule has 0 amide bonds. The van der Waals surface area contributed by atoms with Crippen LogP contribution in [0.15, 0.2) is 6.07 Å². The summed E-state index contributed by atoms with van der Waals surface area (Å²) in [5.74, 6) is -0.0227. The van der Waals surface area contributed by atoms with E-state index in [1.165, 1.54) is 0 Å². The van der Waals surface area contributed by atoms with Crippen molar-refractivity contribution in [3.63, 3.8) is 0 Å². The van der Waals surface area contributed by atoms with E-state index in [1.54, 1.807) is 6.07 Å². The highest BCUT2D eigenvalue weighted by molar-refractivity contribution is 6.30. The molecule has 74 valence electrons. The molecule has 14 heavy (non-hydrogen) atoms. The van der Waals surface area contributed by atoms with Crippen LogP contribution in [0.5, 0.6) is 0 Å². The Morgan fingerprint density at radius 1 is 1.57 bits per heavy atom. The number of hydrogen-bond acceptors (Lipinski definition) is 2. The lowest BCUT2D eigenvalue weighted by atomic mass is 10.1. The topological polar surface area (TPSA) is 36.7 Å². The van der Waals surface area contributed by atoms with Crippen molar-refractivity contribution in [2.45, 2.75) is 12.3 Å². The Kier molecular flexibility index (Phi) is 3.62. The Balaban J connectivity index is 3.37. The van der Waals surface area contributed by atoms with E-state index in [2.05, 4.69) is 4.98 Å². The first-order valence-corrected chi connectivity index (χ1v) is 4.45. The van der Waals surface area contributed by atoms with Gasteiger partial charge in [-0.3, -0.25) is 0 Å². The van der Waals surface area contributed by atoms with Crippen molar-refractivity contribution in [3.8, 4) is 6.07 Å². The minimum absolute atomic E-state index is 0.0227. The number of pyridine rings is 1. The molecule has 1 heterocycles. The summed E-state index contributed by atoms with van der Waals surface area (Å²) in [4.78, 5) is 3.68. The molecule has 1 aromatic heterocycles. The zero-order valence-corrected chi connectivity index (χ0v) is 8.28. The highest BCUT2D eigenvalue weighted by Crippen LogP contribution is 2.27. The molecule has 0 N–H and O–H groups in total. The molecule has 0 unspecified atom stereocenters. The van der Waals surface area contributed by atoms with Crippen molar-refractivity contribution in [2.24, 2.45) is 0 Å². The Hall–Kier alpha value is -0.920. The van der Waals surface area contributed by atoms with Crippen molar-refractivity contribution in [2.75, 3.05) is 0 Å². The standard InChI is InChI=1S/C8H4Cl2F2N2/c9-2-4-1-5(8(11)12)6(3-13)7(10)14-4/h1,8H,2H2. The zero-order valence-electron chi connectivity index (χ0n) is 6.77. The molecule has 0 atom stereocenters. The van der Waals surface area contributed by atoms with Gasteiger partial charge in [-0.25, -0.2) is 13.8 Å². The number of halogens is 4. The molecule has 0 aliphatic rings. The van der Waals surface area contributed by atoms with Gasteiger partial charge in [0.1, 0.15) is 11.2 Å². The van der Waals surface area contributed by atoms with Crippen LogP contribution < -0.4 is 0 Å². The van der Waals surface area contributed by atoms with E-state index in [9.17, 15) is 8.78 Å². The van der Waals surface area contributed by atoms with Gasteiger partial charge in [-0.2, -0.15) is 5.26 Å². The summed E-state index contributed by atoms with van der Waals surface area (Å²) < 4.78 is 24.9. The van der Waals surface area contributed by atoms with Crippen LogP contribution in [0.25, 0.3) is 0 Å². The number of hydrogen-bond donors (Lipinski definition) is 0. The molecule has 1 aromatic rings. The molecule has 0 fully saturated rings. The van der Waals surface area contributed by atoms with Gasteiger partial charge in [-0.15, -0.1) is 11.6 Å². The molecular formula is C8H4Cl2F2N2. The van der Waals surface area contributed by atoms with Crippen molar-refractivity contribution in [1.29, 1.82) is 5.26 Å².